The number of ether oxygens (including phenoxy) is 1. The largest absolute Gasteiger partial charge is 0.481 e. The lowest BCUT2D eigenvalue weighted by Crippen LogP contribution is -2.48. The predicted molar refractivity (Wildman–Crippen MR) is 105 cm³/mol. The Morgan fingerprint density at radius 3 is 2.75 bits per heavy atom. The van der Waals surface area contributed by atoms with Gasteiger partial charge in [-0.15, -0.1) is 0 Å². The minimum atomic E-state index is -0.783. The molecule has 1 amide bonds. The van der Waals surface area contributed by atoms with Gasteiger partial charge >= 0.3 is 0 Å². The van der Waals surface area contributed by atoms with Gasteiger partial charge in [-0.2, -0.15) is 0 Å². The van der Waals surface area contributed by atoms with E-state index in [0.717, 1.165) is 25.3 Å². The summed E-state index contributed by atoms with van der Waals surface area (Å²) in [4.78, 5) is 20.1. The molecule has 2 unspecified atom stereocenters. The Balaban J connectivity index is 1.91. The van der Waals surface area contributed by atoms with Crippen molar-refractivity contribution in [1.82, 2.24) is 9.97 Å². The first-order valence-corrected chi connectivity index (χ1v) is 9.22. The Morgan fingerprint density at radius 1 is 1.39 bits per heavy atom. The summed E-state index contributed by atoms with van der Waals surface area (Å²) in [7, 11) is 1.50. The molecule has 150 valence electrons. The fourth-order valence-corrected chi connectivity index (χ4v) is 3.35. The molecule has 0 saturated heterocycles. The molecule has 3 atom stereocenters. The highest BCUT2D eigenvalue weighted by atomic mass is 19.1. The van der Waals surface area contributed by atoms with Crippen LogP contribution in [-0.4, -0.2) is 35.1 Å². The van der Waals surface area contributed by atoms with Crippen molar-refractivity contribution in [2.24, 2.45) is 17.4 Å². The Hall–Kier alpha value is -2.94. The van der Waals surface area contributed by atoms with Crippen molar-refractivity contribution in [3.8, 4) is 5.88 Å². The number of nitrogens with one attached hydrogen (secondary N) is 2. The van der Waals surface area contributed by atoms with E-state index in [1.54, 1.807) is 18.3 Å². The maximum Gasteiger partial charge on any atom is 0.252 e. The number of hydrogen-bond donors (Lipinski definition) is 4. The van der Waals surface area contributed by atoms with E-state index < -0.39 is 11.7 Å². The number of amides is 1. The van der Waals surface area contributed by atoms with Crippen molar-refractivity contribution < 1.29 is 13.9 Å². The number of hydrogen-bond acceptors (Lipinski definition) is 7. The number of carbonyl (C=O) groups excluding carboxylic acids is 1. The van der Waals surface area contributed by atoms with Crippen molar-refractivity contribution in [1.29, 1.82) is 0 Å². The first-order chi connectivity index (χ1) is 13.4. The van der Waals surface area contributed by atoms with Gasteiger partial charge in [-0.1, -0.05) is 6.92 Å². The third-order valence-corrected chi connectivity index (χ3v) is 5.11. The van der Waals surface area contributed by atoms with Crippen LogP contribution < -0.4 is 26.8 Å². The second-order valence-corrected chi connectivity index (χ2v) is 6.86. The van der Waals surface area contributed by atoms with Gasteiger partial charge in [0.2, 0.25) is 5.88 Å². The van der Waals surface area contributed by atoms with E-state index in [-0.39, 0.29) is 35.2 Å². The van der Waals surface area contributed by atoms with Gasteiger partial charge in [-0.3, -0.25) is 4.79 Å². The van der Waals surface area contributed by atoms with Crippen LogP contribution in [0.15, 0.2) is 24.4 Å². The quantitative estimate of drug-likeness (QED) is 0.546. The molecule has 1 aliphatic rings. The molecule has 0 aromatic carbocycles. The Kier molecular flexibility index (Phi) is 5.93. The molecule has 9 heteroatoms. The zero-order valence-corrected chi connectivity index (χ0v) is 15.9. The maximum absolute atomic E-state index is 14.6. The molecule has 0 aliphatic heterocycles. The van der Waals surface area contributed by atoms with E-state index in [9.17, 15) is 9.18 Å². The van der Waals surface area contributed by atoms with E-state index in [2.05, 4.69) is 20.6 Å². The molecular weight excluding hydrogens is 363 g/mol. The minimum absolute atomic E-state index is 0.000882. The lowest BCUT2D eigenvalue weighted by molar-refractivity contribution is 0.100. The lowest BCUT2D eigenvalue weighted by Gasteiger charge is -2.40. The fraction of sp³-hybridized carbons (Fsp3) is 0.421. The van der Waals surface area contributed by atoms with E-state index in [1.807, 2.05) is 6.92 Å². The van der Waals surface area contributed by atoms with Gasteiger partial charge in [0.05, 0.1) is 12.7 Å². The molecule has 1 fully saturated rings. The zero-order chi connectivity index (χ0) is 20.3. The summed E-state index contributed by atoms with van der Waals surface area (Å²) >= 11 is 0. The van der Waals surface area contributed by atoms with Crippen LogP contribution in [0, 0.1) is 11.7 Å². The van der Waals surface area contributed by atoms with Crippen molar-refractivity contribution in [3.05, 3.63) is 35.8 Å². The molecular formula is C19H25FN6O2. The first kappa shape index (κ1) is 19.8. The predicted octanol–water partition coefficient (Wildman–Crippen LogP) is 2.39. The molecule has 0 spiro atoms. The Bertz CT molecular complexity index is 862. The SMILES string of the molecule is CC[C@@H](Nc1nc(Nc2ccnc(OC)c2)c(C(N)=O)cc1F)C1CCC1N. The highest BCUT2D eigenvalue weighted by Gasteiger charge is 2.34. The van der Waals surface area contributed by atoms with Crippen molar-refractivity contribution in [2.45, 2.75) is 38.3 Å². The van der Waals surface area contributed by atoms with Gasteiger partial charge < -0.3 is 26.8 Å². The van der Waals surface area contributed by atoms with E-state index in [4.69, 9.17) is 16.2 Å². The monoisotopic (exact) mass is 388 g/mol. The first-order valence-electron chi connectivity index (χ1n) is 9.22. The highest BCUT2D eigenvalue weighted by molar-refractivity contribution is 5.98. The van der Waals surface area contributed by atoms with Crippen LogP contribution in [0.2, 0.25) is 0 Å². The molecule has 2 aromatic heterocycles. The number of halogens is 1. The van der Waals surface area contributed by atoms with Crippen LogP contribution in [0.4, 0.5) is 21.7 Å². The number of methoxy groups -OCH3 is 1. The van der Waals surface area contributed by atoms with E-state index >= 15 is 0 Å². The standard InChI is InChI=1S/C19H25FN6O2/c1-3-15(11-4-5-14(11)21)25-19-13(20)9-12(17(22)27)18(26-19)24-10-6-7-23-16(8-10)28-2/h6-9,11,14-15H,3-5,21H2,1-2H3,(H2,22,27)(H2,23,24,25,26)/t11?,14?,15-/m1/s1. The zero-order valence-electron chi connectivity index (χ0n) is 15.9. The van der Waals surface area contributed by atoms with Crippen LogP contribution in [0.25, 0.3) is 0 Å². The van der Waals surface area contributed by atoms with Gasteiger partial charge in [0.25, 0.3) is 5.91 Å². The molecule has 6 N–H and O–H groups in total. The van der Waals surface area contributed by atoms with Gasteiger partial charge in [0.15, 0.2) is 11.6 Å². The van der Waals surface area contributed by atoms with Crippen molar-refractivity contribution >= 4 is 23.2 Å². The van der Waals surface area contributed by atoms with Crippen LogP contribution >= 0.6 is 0 Å². The molecule has 2 heterocycles. The molecule has 1 saturated carbocycles. The van der Waals surface area contributed by atoms with Gasteiger partial charge in [-0.05, 0) is 37.3 Å². The summed E-state index contributed by atoms with van der Waals surface area (Å²) in [6.07, 6.45) is 4.28. The normalized spacial score (nSPS) is 19.4. The summed E-state index contributed by atoms with van der Waals surface area (Å²) in [6.45, 7) is 2.01. The van der Waals surface area contributed by atoms with E-state index in [1.165, 1.54) is 7.11 Å². The molecule has 3 rings (SSSR count). The lowest BCUT2D eigenvalue weighted by atomic mass is 9.74. The molecule has 0 radical (unpaired) electrons. The number of pyridine rings is 2. The number of carbonyl (C=O) groups is 1. The van der Waals surface area contributed by atoms with Crippen LogP contribution in [0.1, 0.15) is 36.5 Å². The summed E-state index contributed by atoms with van der Waals surface area (Å²) in [6, 6.07) is 4.50. The number of primary amides is 1. The van der Waals surface area contributed by atoms with Crippen LogP contribution in [0.3, 0.4) is 0 Å². The van der Waals surface area contributed by atoms with Crippen LogP contribution in [-0.2, 0) is 0 Å². The summed E-state index contributed by atoms with van der Waals surface area (Å²) in [5.74, 6) is -0.566. The van der Waals surface area contributed by atoms with Crippen molar-refractivity contribution in [2.75, 3.05) is 17.7 Å². The molecule has 2 aromatic rings. The Labute approximate surface area is 162 Å². The Morgan fingerprint density at radius 2 is 2.18 bits per heavy atom. The second-order valence-electron chi connectivity index (χ2n) is 6.86. The van der Waals surface area contributed by atoms with E-state index in [0.29, 0.717) is 11.6 Å². The number of rotatable bonds is 8. The summed E-state index contributed by atoms with van der Waals surface area (Å²) in [5.41, 5.74) is 12.0. The fourth-order valence-electron chi connectivity index (χ4n) is 3.35. The maximum atomic E-state index is 14.6. The summed E-state index contributed by atoms with van der Waals surface area (Å²) < 4.78 is 19.7. The topological polar surface area (TPSA) is 128 Å². The van der Waals surface area contributed by atoms with Gasteiger partial charge in [-0.25, -0.2) is 14.4 Å². The molecule has 0 bridgehead atoms. The highest BCUT2D eigenvalue weighted by Crippen LogP contribution is 2.33. The number of aromatic nitrogens is 2. The van der Waals surface area contributed by atoms with Crippen LogP contribution in [0.5, 0.6) is 5.88 Å². The number of anilines is 3. The van der Waals surface area contributed by atoms with Crippen molar-refractivity contribution in [3.63, 3.8) is 0 Å². The minimum Gasteiger partial charge on any atom is -0.481 e. The molecule has 1 aliphatic carbocycles. The smallest absolute Gasteiger partial charge is 0.252 e. The van der Waals surface area contributed by atoms with Gasteiger partial charge in [0, 0.05) is 30.0 Å². The number of nitrogens with two attached hydrogens (primary N) is 2. The average molecular weight is 388 g/mol. The third-order valence-electron chi connectivity index (χ3n) is 5.11. The van der Waals surface area contributed by atoms with Gasteiger partial charge in [0.1, 0.15) is 5.82 Å². The molecule has 8 nitrogen and oxygen atoms in total. The second kappa shape index (κ2) is 8.39. The average Bonchev–Trinajstić information content (AvgIpc) is 2.68. The third kappa shape index (κ3) is 4.14. The number of nitrogens with zero attached hydrogens (tertiary/aromatic N) is 2. The molecule has 28 heavy (non-hydrogen) atoms. The summed E-state index contributed by atoms with van der Waals surface area (Å²) in [5, 5.41) is 6.14.